The number of halogens is 1. The van der Waals surface area contributed by atoms with E-state index < -0.39 is 0 Å². The Balaban J connectivity index is 0.000000108. The largest absolute Gasteiger partial charge is 0.452 e. The average molecular weight is 1650 g/mol. The maximum Gasteiger partial charge on any atom is 0.236 e. The predicted octanol–water partition coefficient (Wildman–Crippen LogP) is 30.8. The number of aromatic nitrogens is 8. The number of H-pyrrole nitrogens is 1. The number of fused-ring (bicyclic) bond motifs is 36. The van der Waals surface area contributed by atoms with Crippen molar-refractivity contribution in [1.29, 1.82) is 0 Å². The molecular weight excluding hydrogens is 1590 g/mol. The third-order valence-corrected chi connectivity index (χ3v) is 27.4. The highest BCUT2D eigenvalue weighted by molar-refractivity contribution is 9.10. The van der Waals surface area contributed by atoms with E-state index in [1.54, 1.807) is 0 Å². The van der Waals surface area contributed by atoms with Gasteiger partial charge in [-0.2, -0.15) is 0 Å². The highest BCUT2D eigenvalue weighted by Gasteiger charge is 2.29. The molecule has 0 amide bonds. The maximum absolute atomic E-state index is 6.77. The van der Waals surface area contributed by atoms with Crippen molar-refractivity contribution in [3.05, 3.63) is 369 Å². The highest BCUT2D eigenvalue weighted by atomic mass is 79.9. The highest BCUT2D eigenvalue weighted by Crippen LogP contribution is 2.52. The molecule has 0 fully saturated rings. The van der Waals surface area contributed by atoms with Crippen molar-refractivity contribution in [3.63, 3.8) is 0 Å². The first-order valence-corrected chi connectivity index (χ1v) is 42.9. The fraction of sp³-hybridized carbons (Fsp3) is 0. The van der Waals surface area contributed by atoms with Crippen LogP contribution in [0.3, 0.4) is 0 Å². The van der Waals surface area contributed by atoms with Crippen LogP contribution < -0.4 is 0 Å². The van der Waals surface area contributed by atoms with Crippen LogP contribution in [0.5, 0.6) is 0 Å². The summed E-state index contributed by atoms with van der Waals surface area (Å²) >= 11 is 7.26. The Morgan fingerprint density at radius 1 is 0.273 bits per heavy atom. The molecule has 1 N–H and O–H groups in total. The molecule has 0 radical (unpaired) electrons. The van der Waals surface area contributed by atoms with E-state index in [1.807, 2.05) is 65.1 Å². The molecule has 18 aromatic carbocycles. The Morgan fingerprint density at radius 2 is 0.686 bits per heavy atom. The zero-order chi connectivity index (χ0) is 79.2. The minimum absolute atomic E-state index is 0.542. The zero-order valence-corrected chi connectivity index (χ0v) is 67.5. The van der Waals surface area contributed by atoms with Gasteiger partial charge in [0.1, 0.15) is 33.6 Å². The molecule has 121 heavy (non-hydrogen) atoms. The second-order valence-corrected chi connectivity index (χ2v) is 33.9. The first-order valence-electron chi connectivity index (χ1n) is 40.5. The molecule has 13 heteroatoms. The molecule has 10 aromatic heterocycles. The fourth-order valence-corrected chi connectivity index (χ4v) is 22.3. The number of hydrogen-bond donors (Lipinski definition) is 1. The van der Waals surface area contributed by atoms with Gasteiger partial charge < -0.3 is 23.0 Å². The van der Waals surface area contributed by atoms with Crippen molar-refractivity contribution < 1.29 is 8.83 Å². The summed E-state index contributed by atoms with van der Waals surface area (Å²) in [7, 11) is 0. The summed E-state index contributed by atoms with van der Waals surface area (Å²) in [6, 6.07) is 129. The Hall–Kier alpha value is -15.1. The summed E-state index contributed by atoms with van der Waals surface area (Å²) in [6.45, 7) is 0. The van der Waals surface area contributed by atoms with Crippen LogP contribution in [-0.2, 0) is 0 Å². The zero-order valence-electron chi connectivity index (χ0n) is 64.3. The lowest BCUT2D eigenvalue weighted by Crippen LogP contribution is -2.03. The summed E-state index contributed by atoms with van der Waals surface area (Å²) in [4.78, 5) is 24.4. The van der Waals surface area contributed by atoms with Crippen LogP contribution in [-0.4, -0.2) is 38.6 Å². The number of nitrogens with one attached hydrogen (secondary N) is 1. The van der Waals surface area contributed by atoms with Crippen molar-refractivity contribution in [2.24, 2.45) is 0 Å². The van der Waals surface area contributed by atoms with Crippen LogP contribution in [0.15, 0.2) is 378 Å². The molecule has 0 aliphatic rings. The monoisotopic (exact) mass is 1640 g/mol. The van der Waals surface area contributed by atoms with Crippen molar-refractivity contribution in [2.45, 2.75) is 0 Å². The summed E-state index contributed by atoms with van der Waals surface area (Å²) < 4.78 is 25.7. The molecule has 0 saturated heterocycles. The van der Waals surface area contributed by atoms with Gasteiger partial charge in [0.05, 0.1) is 53.5 Å². The molecule has 10 heterocycles. The number of nitrogens with zero attached hydrogens (tertiary/aromatic N) is 7. The number of furan rings is 2. The van der Waals surface area contributed by atoms with Gasteiger partial charge in [0.2, 0.25) is 5.95 Å². The van der Waals surface area contributed by atoms with Crippen LogP contribution in [0, 0.1) is 0 Å². The molecule has 28 aromatic rings. The van der Waals surface area contributed by atoms with Crippen LogP contribution >= 0.6 is 38.6 Å². The third-order valence-electron chi connectivity index (χ3n) is 24.6. The molecule has 28 rings (SSSR count). The van der Waals surface area contributed by atoms with E-state index in [2.05, 4.69) is 361 Å². The standard InChI is InChI=1S/C54H30N4OS.C28H16BrN3O.C26H15NS/c1-2-15-33(16-3-1)57-42-23-11-8-18-35(42)36-28-27-32(30-43(36)57)48-52-49(39-21-9-12-24-44(39)59-52)56-54(55-48)58-50-34-17-5-4-14-31(34)26-29-41(50)46-37-19-6-7-20-38(37)47-40-22-10-13-25-45(40)60-53(47)51(46)58;29-28-30-25(27-26(31-28)21-11-5-7-13-24(21)33-27)17-14-15-20-19-10-4-6-12-22(19)32(23(20)16-17)18-8-2-1-3-9-18;1-2-8-16-15(7-1)13-14-20-22-17-9-3-4-10-18(17)23-19-11-5-6-12-21(19)28-26(23)25(22)27-24(16)20/h1-30H;1-16H;1-14,27H. The lowest BCUT2D eigenvalue weighted by atomic mass is 9.98. The quantitative estimate of drug-likeness (QED) is 0.172. The number of aromatic amines is 1. The Morgan fingerprint density at radius 3 is 1.26 bits per heavy atom. The summed E-state index contributed by atoms with van der Waals surface area (Å²) in [5.41, 5.74) is 19.5. The number of benzene rings is 18. The van der Waals surface area contributed by atoms with Crippen molar-refractivity contribution in [1.82, 2.24) is 38.6 Å². The van der Waals surface area contributed by atoms with Crippen LogP contribution in [0.1, 0.15) is 0 Å². The maximum atomic E-state index is 6.77. The molecular formula is C108H61BrN8O2S2. The van der Waals surface area contributed by atoms with Crippen LogP contribution in [0.2, 0.25) is 0 Å². The minimum atomic E-state index is 0.542. The molecule has 0 atom stereocenters. The number of para-hydroxylation sites is 6. The van der Waals surface area contributed by atoms with Crippen LogP contribution in [0.25, 0.3) is 255 Å². The van der Waals surface area contributed by atoms with Gasteiger partial charge in [0.25, 0.3) is 0 Å². The number of thiophene rings is 2. The van der Waals surface area contributed by atoms with Crippen molar-refractivity contribution in [3.8, 4) is 39.8 Å². The fourth-order valence-electron chi connectivity index (χ4n) is 19.5. The molecule has 0 aliphatic carbocycles. The summed E-state index contributed by atoms with van der Waals surface area (Å²) in [5, 5.41) is 27.1. The minimum Gasteiger partial charge on any atom is -0.452 e. The lowest BCUT2D eigenvalue weighted by molar-refractivity contribution is 0.666. The molecule has 0 saturated carbocycles. The van der Waals surface area contributed by atoms with E-state index in [0.29, 0.717) is 21.8 Å². The van der Waals surface area contributed by atoms with Crippen LogP contribution in [0.4, 0.5) is 0 Å². The van der Waals surface area contributed by atoms with Gasteiger partial charge >= 0.3 is 0 Å². The van der Waals surface area contributed by atoms with Gasteiger partial charge in [-0.25, -0.2) is 19.9 Å². The second-order valence-electron chi connectivity index (χ2n) is 31.1. The molecule has 0 unspecified atom stereocenters. The molecule has 564 valence electrons. The van der Waals surface area contributed by atoms with Gasteiger partial charge in [0.15, 0.2) is 15.9 Å². The summed E-state index contributed by atoms with van der Waals surface area (Å²) in [5.74, 6) is 0.609. The third kappa shape index (κ3) is 10.1. The van der Waals surface area contributed by atoms with Gasteiger partial charge in [-0.05, 0) is 133 Å². The Kier molecular flexibility index (Phi) is 14.9. The van der Waals surface area contributed by atoms with Gasteiger partial charge in [-0.3, -0.25) is 4.57 Å². The number of hydrogen-bond acceptors (Lipinski definition) is 8. The van der Waals surface area contributed by atoms with Crippen molar-refractivity contribution in [2.75, 3.05) is 0 Å². The Labute approximate surface area is 704 Å². The first kappa shape index (κ1) is 68.0. The van der Waals surface area contributed by atoms with E-state index in [1.165, 1.54) is 138 Å². The van der Waals surface area contributed by atoms with E-state index in [4.69, 9.17) is 23.8 Å². The normalized spacial score (nSPS) is 12.2. The van der Waals surface area contributed by atoms with Gasteiger partial charge in [-0.15, -0.1) is 22.7 Å². The molecule has 0 bridgehead atoms. The lowest BCUT2D eigenvalue weighted by Gasteiger charge is -2.12. The summed E-state index contributed by atoms with van der Waals surface area (Å²) in [6.07, 6.45) is 0. The Bertz CT molecular complexity index is 9290. The smallest absolute Gasteiger partial charge is 0.236 e. The van der Waals surface area contributed by atoms with E-state index >= 15 is 0 Å². The molecule has 0 aliphatic heterocycles. The number of rotatable bonds is 5. The van der Waals surface area contributed by atoms with Gasteiger partial charge in [0, 0.05) is 118 Å². The molecule has 0 spiro atoms. The van der Waals surface area contributed by atoms with Gasteiger partial charge in [-0.1, -0.05) is 279 Å². The predicted molar refractivity (Wildman–Crippen MR) is 512 cm³/mol. The van der Waals surface area contributed by atoms with Crippen molar-refractivity contribution >= 4 is 253 Å². The first-order chi connectivity index (χ1) is 60.0. The van der Waals surface area contributed by atoms with E-state index in [0.717, 1.165) is 99.8 Å². The average Bonchev–Trinajstić information content (AvgIpc) is 1.53. The second kappa shape index (κ2) is 26.4. The molecule has 10 nitrogen and oxygen atoms in total. The van der Waals surface area contributed by atoms with E-state index in [9.17, 15) is 0 Å². The SMILES string of the molecule is Brc1nc(-c2ccc3c4ccccc4n(-c4ccccc4)c3c2)c2oc3ccccc3c2n1.c1ccc(-n2c3ccccc3c3ccc(-c4nc(-n5c6c7ccccc7ccc6c6c7ccccc7c7c8ccccc8sc7c65)nc5c4oc4ccccc45)cc32)cc1.c1ccc2c(c1)ccc1c2[nH]c2c3sc4ccccc4c3c3ccccc3c12. The topological polar surface area (TPSA) is 108 Å². The van der Waals surface area contributed by atoms with E-state index in [-0.39, 0.29) is 0 Å².